The third-order valence-corrected chi connectivity index (χ3v) is 1.57. The van der Waals surface area contributed by atoms with Crippen molar-refractivity contribution in [3.8, 4) is 12.3 Å². The van der Waals surface area contributed by atoms with Crippen molar-refractivity contribution in [3.63, 3.8) is 0 Å². The molecule has 0 atom stereocenters. The summed E-state index contributed by atoms with van der Waals surface area (Å²) in [5.74, 6) is 2.61. The molecule has 0 nitrogen and oxygen atoms in total. The molecule has 0 heterocycles. The number of allylic oxidation sites excluding steroid dienone is 5. The molecule has 10 heavy (non-hydrogen) atoms. The van der Waals surface area contributed by atoms with E-state index in [1.807, 2.05) is 12.2 Å². The van der Waals surface area contributed by atoms with E-state index in [4.69, 9.17) is 6.42 Å². The van der Waals surface area contributed by atoms with Gasteiger partial charge in [-0.2, -0.15) is 0 Å². The molecule has 0 heteroatoms. The van der Waals surface area contributed by atoms with Gasteiger partial charge in [0.2, 0.25) is 0 Å². The molecule has 0 aliphatic heterocycles. The van der Waals surface area contributed by atoms with Crippen LogP contribution in [0.1, 0.15) is 12.8 Å². The van der Waals surface area contributed by atoms with Gasteiger partial charge < -0.3 is 0 Å². The zero-order chi connectivity index (χ0) is 7.40. The Kier molecular flexibility index (Phi) is 2.12. The van der Waals surface area contributed by atoms with E-state index in [0.717, 1.165) is 18.4 Å². The Labute approximate surface area is 61.9 Å². The van der Waals surface area contributed by atoms with Gasteiger partial charge in [-0.25, -0.2) is 0 Å². The van der Waals surface area contributed by atoms with Crippen LogP contribution in [0.25, 0.3) is 0 Å². The van der Waals surface area contributed by atoms with Crippen LogP contribution in [0.15, 0.2) is 36.0 Å². The lowest BCUT2D eigenvalue weighted by atomic mass is 10.0. The van der Waals surface area contributed by atoms with Crippen molar-refractivity contribution in [2.75, 3.05) is 0 Å². The van der Waals surface area contributed by atoms with Crippen LogP contribution in [0.4, 0.5) is 0 Å². The fourth-order valence-electron chi connectivity index (χ4n) is 0.987. The summed E-state index contributed by atoms with van der Waals surface area (Å²) in [5, 5.41) is 0. The van der Waals surface area contributed by atoms with Gasteiger partial charge in [-0.3, -0.25) is 0 Å². The molecule has 0 aromatic rings. The third-order valence-electron chi connectivity index (χ3n) is 1.57. The highest BCUT2D eigenvalue weighted by atomic mass is 14.0. The first-order valence-electron chi connectivity index (χ1n) is 3.36. The minimum Gasteiger partial charge on any atom is -0.115 e. The van der Waals surface area contributed by atoms with Crippen LogP contribution in [0.5, 0.6) is 0 Å². The van der Waals surface area contributed by atoms with Crippen molar-refractivity contribution < 1.29 is 0 Å². The summed E-state index contributed by atoms with van der Waals surface area (Å²) in [6, 6.07) is 0. The molecule has 0 N–H and O–H groups in total. The minimum absolute atomic E-state index is 0.987. The normalized spacial score (nSPS) is 16.7. The van der Waals surface area contributed by atoms with Crippen LogP contribution in [0, 0.1) is 12.3 Å². The average Bonchev–Trinajstić information content (AvgIpc) is 2.05. The summed E-state index contributed by atoms with van der Waals surface area (Å²) in [4.78, 5) is 0. The number of hydrogen-bond donors (Lipinski definition) is 0. The van der Waals surface area contributed by atoms with E-state index < -0.39 is 0 Å². The molecule has 0 amide bonds. The highest BCUT2D eigenvalue weighted by Crippen LogP contribution is 2.16. The van der Waals surface area contributed by atoms with E-state index in [1.54, 1.807) is 0 Å². The Morgan fingerprint density at radius 2 is 2.50 bits per heavy atom. The predicted molar refractivity (Wildman–Crippen MR) is 44.4 cm³/mol. The Balaban J connectivity index is 2.82. The third kappa shape index (κ3) is 1.39. The molecule has 0 saturated carbocycles. The molecule has 0 saturated heterocycles. The van der Waals surface area contributed by atoms with Gasteiger partial charge in [-0.1, -0.05) is 24.7 Å². The highest BCUT2D eigenvalue weighted by molar-refractivity contribution is 5.43. The van der Waals surface area contributed by atoms with Crippen molar-refractivity contribution in [1.29, 1.82) is 0 Å². The van der Waals surface area contributed by atoms with Crippen LogP contribution in [-0.4, -0.2) is 0 Å². The standard InChI is InChI=1S/C10H10/c1-3-9-6-5-7-10(4-2)8-9/h1,4,6,8H,2,5,7H2. The Morgan fingerprint density at radius 3 is 3.10 bits per heavy atom. The van der Waals surface area contributed by atoms with Gasteiger partial charge in [0.15, 0.2) is 0 Å². The summed E-state index contributed by atoms with van der Waals surface area (Å²) < 4.78 is 0. The van der Waals surface area contributed by atoms with E-state index >= 15 is 0 Å². The van der Waals surface area contributed by atoms with E-state index in [9.17, 15) is 0 Å². The summed E-state index contributed by atoms with van der Waals surface area (Å²) in [6.45, 7) is 3.69. The smallest absolute Gasteiger partial charge is 0.0205 e. The molecule has 1 aliphatic carbocycles. The molecule has 0 aromatic carbocycles. The quantitative estimate of drug-likeness (QED) is 0.478. The SMILES string of the molecule is C#CC1=CCCC(C=C)=C1. The van der Waals surface area contributed by atoms with E-state index in [1.165, 1.54) is 5.57 Å². The van der Waals surface area contributed by atoms with Gasteiger partial charge in [-0.15, -0.1) is 6.42 Å². The molecule has 0 unspecified atom stereocenters. The average molecular weight is 130 g/mol. The summed E-state index contributed by atoms with van der Waals surface area (Å²) in [7, 11) is 0. The second-order valence-corrected chi connectivity index (χ2v) is 2.27. The first-order valence-corrected chi connectivity index (χ1v) is 3.36. The van der Waals surface area contributed by atoms with Crippen molar-refractivity contribution in [2.45, 2.75) is 12.8 Å². The monoisotopic (exact) mass is 130 g/mol. The van der Waals surface area contributed by atoms with Gasteiger partial charge in [0, 0.05) is 5.57 Å². The van der Waals surface area contributed by atoms with E-state index in [-0.39, 0.29) is 0 Å². The molecule has 0 fully saturated rings. The number of rotatable bonds is 1. The summed E-state index contributed by atoms with van der Waals surface area (Å²) >= 11 is 0. The summed E-state index contributed by atoms with van der Waals surface area (Å²) in [5.41, 5.74) is 2.23. The van der Waals surface area contributed by atoms with Gasteiger partial charge in [0.1, 0.15) is 0 Å². The maximum atomic E-state index is 5.22. The first kappa shape index (κ1) is 6.89. The maximum absolute atomic E-state index is 5.22. The van der Waals surface area contributed by atoms with Gasteiger partial charge in [-0.05, 0) is 24.5 Å². The Bertz CT molecular complexity index is 233. The fourth-order valence-corrected chi connectivity index (χ4v) is 0.987. The number of hydrogen-bond acceptors (Lipinski definition) is 0. The van der Waals surface area contributed by atoms with Crippen LogP contribution in [-0.2, 0) is 0 Å². The lowest BCUT2D eigenvalue weighted by Crippen LogP contribution is -1.87. The molecule has 50 valence electrons. The highest BCUT2D eigenvalue weighted by Gasteiger charge is 1.98. The van der Waals surface area contributed by atoms with Gasteiger partial charge in [0.25, 0.3) is 0 Å². The first-order chi connectivity index (χ1) is 4.86. The lowest BCUT2D eigenvalue weighted by Gasteiger charge is -2.05. The van der Waals surface area contributed by atoms with E-state index in [2.05, 4.69) is 18.6 Å². The topological polar surface area (TPSA) is 0 Å². The molecule has 1 aliphatic rings. The Morgan fingerprint density at radius 1 is 1.70 bits per heavy atom. The van der Waals surface area contributed by atoms with Crippen LogP contribution < -0.4 is 0 Å². The molecule has 0 aromatic heterocycles. The van der Waals surface area contributed by atoms with Crippen LogP contribution in [0.2, 0.25) is 0 Å². The summed E-state index contributed by atoms with van der Waals surface area (Å²) in [6.07, 6.45) is 13.3. The second kappa shape index (κ2) is 3.08. The molecular formula is C10H10. The van der Waals surface area contributed by atoms with E-state index in [0.29, 0.717) is 0 Å². The second-order valence-electron chi connectivity index (χ2n) is 2.27. The maximum Gasteiger partial charge on any atom is 0.0205 e. The molecule has 0 radical (unpaired) electrons. The van der Waals surface area contributed by atoms with Crippen molar-refractivity contribution in [2.24, 2.45) is 0 Å². The molecular weight excluding hydrogens is 120 g/mol. The van der Waals surface area contributed by atoms with Crippen molar-refractivity contribution in [1.82, 2.24) is 0 Å². The number of terminal acetylenes is 1. The van der Waals surface area contributed by atoms with Crippen molar-refractivity contribution in [3.05, 3.63) is 36.0 Å². The van der Waals surface area contributed by atoms with Crippen molar-refractivity contribution >= 4 is 0 Å². The predicted octanol–water partition coefficient (Wildman–Crippen LogP) is 2.45. The largest absolute Gasteiger partial charge is 0.115 e. The molecule has 0 bridgehead atoms. The van der Waals surface area contributed by atoms with Crippen LogP contribution >= 0.6 is 0 Å². The molecule has 1 rings (SSSR count). The zero-order valence-electron chi connectivity index (χ0n) is 5.93. The molecule has 0 spiro atoms. The van der Waals surface area contributed by atoms with Crippen LogP contribution in [0.3, 0.4) is 0 Å². The Hall–Kier alpha value is -1.22. The van der Waals surface area contributed by atoms with Gasteiger partial charge in [0.05, 0.1) is 0 Å². The fraction of sp³-hybridized carbons (Fsp3) is 0.200. The van der Waals surface area contributed by atoms with Gasteiger partial charge >= 0.3 is 0 Å². The lowest BCUT2D eigenvalue weighted by molar-refractivity contribution is 0.984. The zero-order valence-corrected chi connectivity index (χ0v) is 5.93. The minimum atomic E-state index is 0.987.